The number of hydrogen-bond donors (Lipinski definition) is 2. The van der Waals surface area contributed by atoms with Gasteiger partial charge in [-0.3, -0.25) is 0 Å². The van der Waals surface area contributed by atoms with E-state index in [1.54, 1.807) is 24.3 Å². The Morgan fingerprint density at radius 3 is 2.32 bits per heavy atom. The molecule has 28 heavy (non-hydrogen) atoms. The molecule has 0 fully saturated rings. The molecule has 0 saturated heterocycles. The van der Waals surface area contributed by atoms with E-state index in [0.717, 1.165) is 0 Å². The molecule has 0 amide bonds. The van der Waals surface area contributed by atoms with Gasteiger partial charge in [0.25, 0.3) is 0 Å². The Morgan fingerprint density at radius 1 is 1.18 bits per heavy atom. The zero-order chi connectivity index (χ0) is 20.7. The summed E-state index contributed by atoms with van der Waals surface area (Å²) in [5, 5.41) is 6.25. The summed E-state index contributed by atoms with van der Waals surface area (Å²) in [7, 11) is -3.60. The predicted octanol–water partition coefficient (Wildman–Crippen LogP) is 1.43. The molecule has 1 rings (SSSR count). The van der Waals surface area contributed by atoms with E-state index in [-0.39, 0.29) is 47.2 Å². The lowest BCUT2D eigenvalue weighted by molar-refractivity contribution is 0.519. The summed E-state index contributed by atoms with van der Waals surface area (Å²) in [6.07, 6.45) is 1.66. The molecule has 0 aliphatic rings. The van der Waals surface area contributed by atoms with Crippen molar-refractivity contribution in [2.45, 2.75) is 37.8 Å². The van der Waals surface area contributed by atoms with Crippen LogP contribution in [0, 0.1) is 0 Å². The maximum absolute atomic E-state index is 12.5. The number of aliphatic imine (C=N–C) groups is 1. The van der Waals surface area contributed by atoms with Crippen LogP contribution in [0.2, 0.25) is 0 Å². The summed E-state index contributed by atoms with van der Waals surface area (Å²) in [6.45, 7) is 4.60. The fourth-order valence-electron chi connectivity index (χ4n) is 2.26. The van der Waals surface area contributed by atoms with Crippen molar-refractivity contribution in [1.82, 2.24) is 14.9 Å². The molecular weight excluding hydrogens is 515 g/mol. The Bertz CT molecular complexity index is 856. The summed E-state index contributed by atoms with van der Waals surface area (Å²) < 4.78 is 48.7. The van der Waals surface area contributed by atoms with Crippen LogP contribution in [-0.2, 0) is 26.4 Å². The van der Waals surface area contributed by atoms with Crippen molar-refractivity contribution in [3.8, 4) is 0 Å². The largest absolute Gasteiger partial charge is 0.357 e. The van der Waals surface area contributed by atoms with Gasteiger partial charge in [0, 0.05) is 32.9 Å². The third-order valence-electron chi connectivity index (χ3n) is 3.79. The van der Waals surface area contributed by atoms with Crippen molar-refractivity contribution in [3.63, 3.8) is 0 Å². The van der Waals surface area contributed by atoms with Gasteiger partial charge in [0.05, 0.1) is 17.2 Å². The Hall–Kier alpha value is -0.920. The molecule has 0 spiro atoms. The summed E-state index contributed by atoms with van der Waals surface area (Å²) in [6, 6.07) is 6.65. The number of sulfonamides is 1. The smallest absolute Gasteiger partial charge is 0.242 e. The van der Waals surface area contributed by atoms with Gasteiger partial charge in [0.2, 0.25) is 10.0 Å². The molecule has 2 N–H and O–H groups in total. The van der Waals surface area contributed by atoms with Crippen molar-refractivity contribution in [1.29, 1.82) is 0 Å². The quantitative estimate of drug-likeness (QED) is 0.276. The average Bonchev–Trinajstić information content (AvgIpc) is 2.57. The highest BCUT2D eigenvalue weighted by molar-refractivity contribution is 14.0. The van der Waals surface area contributed by atoms with Gasteiger partial charge in [-0.2, -0.15) is 0 Å². The number of nitrogens with zero attached hydrogens (tertiary/aromatic N) is 2. The van der Waals surface area contributed by atoms with E-state index >= 15 is 0 Å². The molecule has 8 nitrogen and oxygen atoms in total. The molecular formula is C17H31IN4O4S2. The maximum Gasteiger partial charge on any atom is 0.242 e. The van der Waals surface area contributed by atoms with E-state index in [2.05, 4.69) is 15.6 Å². The fraction of sp³-hybridized carbons (Fsp3) is 0.588. The van der Waals surface area contributed by atoms with E-state index in [0.29, 0.717) is 24.5 Å². The van der Waals surface area contributed by atoms with Crippen LogP contribution >= 0.6 is 24.0 Å². The zero-order valence-electron chi connectivity index (χ0n) is 17.0. The van der Waals surface area contributed by atoms with Gasteiger partial charge >= 0.3 is 0 Å². The summed E-state index contributed by atoms with van der Waals surface area (Å²) >= 11 is 0. The lowest BCUT2D eigenvalue weighted by Gasteiger charge is -2.18. The van der Waals surface area contributed by atoms with Crippen molar-refractivity contribution in [2.75, 3.05) is 32.6 Å². The molecule has 1 aromatic carbocycles. The predicted molar refractivity (Wildman–Crippen MR) is 124 cm³/mol. The molecule has 162 valence electrons. The minimum atomic E-state index is -3.56. The number of sulfone groups is 1. The fourth-order valence-corrected chi connectivity index (χ4v) is 4.15. The highest BCUT2D eigenvalue weighted by Gasteiger charge is 2.20. The third kappa shape index (κ3) is 9.05. The first-order valence-electron chi connectivity index (χ1n) is 8.70. The van der Waals surface area contributed by atoms with Gasteiger partial charge in [-0.05, 0) is 31.9 Å². The molecule has 0 radical (unpaired) electrons. The molecule has 1 unspecified atom stereocenters. The van der Waals surface area contributed by atoms with E-state index in [4.69, 9.17) is 0 Å². The summed E-state index contributed by atoms with van der Waals surface area (Å²) in [4.78, 5) is 4.69. The molecule has 0 saturated carbocycles. The normalized spacial score (nSPS) is 13.7. The van der Waals surface area contributed by atoms with Gasteiger partial charge in [-0.25, -0.2) is 26.1 Å². The first-order valence-corrected chi connectivity index (χ1v) is 12.2. The minimum absolute atomic E-state index is 0. The molecule has 1 aromatic rings. The first-order chi connectivity index (χ1) is 12.5. The molecule has 0 aliphatic carbocycles. The van der Waals surface area contributed by atoms with Gasteiger partial charge in [0.15, 0.2) is 5.96 Å². The minimum Gasteiger partial charge on any atom is -0.357 e. The zero-order valence-corrected chi connectivity index (χ0v) is 20.9. The summed E-state index contributed by atoms with van der Waals surface area (Å²) in [5.74, 6) is 0.598. The highest BCUT2D eigenvalue weighted by Crippen LogP contribution is 2.19. The Balaban J connectivity index is 0.00000729. The van der Waals surface area contributed by atoms with Gasteiger partial charge in [-0.1, -0.05) is 18.2 Å². The van der Waals surface area contributed by atoms with Crippen LogP contribution < -0.4 is 10.6 Å². The maximum atomic E-state index is 12.5. The number of benzene rings is 1. The van der Waals surface area contributed by atoms with Crippen molar-refractivity contribution in [2.24, 2.45) is 4.99 Å². The van der Waals surface area contributed by atoms with E-state index in [9.17, 15) is 16.8 Å². The summed E-state index contributed by atoms with van der Waals surface area (Å²) in [5.41, 5.74) is 0.590. The van der Waals surface area contributed by atoms with Crippen LogP contribution in [0.3, 0.4) is 0 Å². The Kier molecular flexibility index (Phi) is 11.5. The monoisotopic (exact) mass is 546 g/mol. The van der Waals surface area contributed by atoms with Gasteiger partial charge in [0.1, 0.15) is 9.84 Å². The molecule has 1 atom stereocenters. The second-order valence-electron chi connectivity index (χ2n) is 6.55. The SMILES string of the molecule is CCNC(=NCc1ccccc1S(=O)(=O)N(C)C)NC(C)CCS(C)(=O)=O.I. The first kappa shape index (κ1) is 27.1. The van der Waals surface area contributed by atoms with Crippen LogP contribution in [0.4, 0.5) is 0 Å². The standard InChI is InChI=1S/C17H30N4O4S2.HI/c1-6-18-17(20-14(2)11-12-26(5,22)23)19-13-15-9-7-8-10-16(15)27(24,25)21(3)4;/h7-10,14H,6,11-13H2,1-5H3,(H2,18,19,20);1H. The van der Waals surface area contributed by atoms with Crippen LogP contribution in [0.1, 0.15) is 25.8 Å². The van der Waals surface area contributed by atoms with Crippen molar-refractivity contribution in [3.05, 3.63) is 29.8 Å². The average molecular weight is 546 g/mol. The van der Waals surface area contributed by atoms with Crippen LogP contribution in [0.5, 0.6) is 0 Å². The van der Waals surface area contributed by atoms with E-state index in [1.165, 1.54) is 24.7 Å². The number of halogens is 1. The lowest BCUT2D eigenvalue weighted by atomic mass is 10.2. The molecule has 11 heteroatoms. The third-order valence-corrected chi connectivity index (χ3v) is 6.68. The van der Waals surface area contributed by atoms with E-state index in [1.807, 2.05) is 13.8 Å². The lowest BCUT2D eigenvalue weighted by Crippen LogP contribution is -2.42. The highest BCUT2D eigenvalue weighted by atomic mass is 127. The molecule has 0 bridgehead atoms. The molecule has 0 aliphatic heterocycles. The second-order valence-corrected chi connectivity index (χ2v) is 10.9. The number of guanidine groups is 1. The topological polar surface area (TPSA) is 108 Å². The number of hydrogen-bond acceptors (Lipinski definition) is 5. The van der Waals surface area contributed by atoms with Gasteiger partial charge < -0.3 is 10.6 Å². The van der Waals surface area contributed by atoms with Crippen LogP contribution in [0.15, 0.2) is 34.2 Å². The van der Waals surface area contributed by atoms with Gasteiger partial charge in [-0.15, -0.1) is 24.0 Å². The Morgan fingerprint density at radius 2 is 1.79 bits per heavy atom. The van der Waals surface area contributed by atoms with Crippen LogP contribution in [-0.4, -0.2) is 65.8 Å². The number of nitrogens with one attached hydrogen (secondary N) is 2. The van der Waals surface area contributed by atoms with E-state index < -0.39 is 19.9 Å². The molecule has 0 aromatic heterocycles. The van der Waals surface area contributed by atoms with Crippen molar-refractivity contribution >= 4 is 49.8 Å². The Labute approximate surface area is 186 Å². The van der Waals surface area contributed by atoms with Crippen molar-refractivity contribution < 1.29 is 16.8 Å². The number of rotatable bonds is 9. The molecule has 0 heterocycles. The second kappa shape index (κ2) is 11.9. The van der Waals surface area contributed by atoms with Crippen LogP contribution in [0.25, 0.3) is 0 Å².